The number of ether oxygens (including phenoxy) is 2. The summed E-state index contributed by atoms with van der Waals surface area (Å²) in [5.74, 6) is -0.307. The predicted molar refractivity (Wildman–Crippen MR) is 119 cm³/mol. The average Bonchev–Trinajstić information content (AvgIpc) is 3.09. The lowest BCUT2D eigenvalue weighted by molar-refractivity contribution is 0.0503. The van der Waals surface area contributed by atoms with Crippen molar-refractivity contribution >= 4 is 31.9 Å². The largest absolute Gasteiger partial charge is 0.462 e. The summed E-state index contributed by atoms with van der Waals surface area (Å²) >= 11 is 0. The fraction of sp³-hybridized carbons (Fsp3) is 0.333. The molecule has 4 rings (SSSR count). The first-order chi connectivity index (χ1) is 15.8. The molecule has 176 valence electrons. The maximum atomic E-state index is 12.6. The van der Waals surface area contributed by atoms with E-state index in [4.69, 9.17) is 9.47 Å². The predicted octanol–water partition coefficient (Wildman–Crippen LogP) is 0.993. The Kier molecular flexibility index (Phi) is 6.79. The van der Waals surface area contributed by atoms with Crippen LogP contribution in [0.1, 0.15) is 22.3 Å². The zero-order chi connectivity index (χ0) is 23.5. The van der Waals surface area contributed by atoms with Gasteiger partial charge in [0, 0.05) is 31.6 Å². The molecule has 0 saturated carbocycles. The van der Waals surface area contributed by atoms with Crippen LogP contribution in [0.4, 0.5) is 0 Å². The number of amidine groups is 1. The maximum Gasteiger partial charge on any atom is 0.338 e. The van der Waals surface area contributed by atoms with Crippen LogP contribution in [-0.4, -0.2) is 72.4 Å². The summed E-state index contributed by atoms with van der Waals surface area (Å²) in [5.41, 5.74) is 0.751. The van der Waals surface area contributed by atoms with Crippen LogP contribution in [0.3, 0.4) is 0 Å². The number of benzene rings is 2. The Morgan fingerprint density at radius 2 is 1.79 bits per heavy atom. The maximum absolute atomic E-state index is 12.6. The number of sulfonamides is 2. The van der Waals surface area contributed by atoms with Crippen molar-refractivity contribution in [2.45, 2.75) is 16.2 Å². The van der Waals surface area contributed by atoms with Crippen LogP contribution in [0.2, 0.25) is 0 Å². The zero-order valence-electron chi connectivity index (χ0n) is 17.6. The lowest BCUT2D eigenvalue weighted by Gasteiger charge is -2.26. The van der Waals surface area contributed by atoms with E-state index in [1.807, 2.05) is 0 Å². The average molecular weight is 494 g/mol. The summed E-state index contributed by atoms with van der Waals surface area (Å²) in [4.78, 5) is 16.8. The van der Waals surface area contributed by atoms with Gasteiger partial charge in [-0.15, -0.1) is 0 Å². The molecular weight excluding hydrogens is 470 g/mol. The van der Waals surface area contributed by atoms with Crippen molar-refractivity contribution < 1.29 is 31.1 Å². The molecule has 10 nitrogen and oxygen atoms in total. The number of aliphatic imine (C=N–C) groups is 1. The van der Waals surface area contributed by atoms with Gasteiger partial charge in [0.05, 0.1) is 35.2 Å². The number of hydrogen-bond donors (Lipinski definition) is 1. The van der Waals surface area contributed by atoms with Gasteiger partial charge in [0.15, 0.2) is 0 Å². The second kappa shape index (κ2) is 9.59. The Bertz CT molecular complexity index is 1270. The highest BCUT2D eigenvalue weighted by molar-refractivity contribution is 7.90. The van der Waals surface area contributed by atoms with E-state index in [9.17, 15) is 21.6 Å². The smallest absolute Gasteiger partial charge is 0.338 e. The second-order valence-electron chi connectivity index (χ2n) is 7.36. The van der Waals surface area contributed by atoms with Crippen LogP contribution in [0.15, 0.2) is 63.3 Å². The number of morpholine rings is 1. The van der Waals surface area contributed by atoms with E-state index in [0.29, 0.717) is 38.3 Å². The minimum absolute atomic E-state index is 0.0812. The number of nitrogens with one attached hydrogen (secondary N) is 1. The first kappa shape index (κ1) is 23.4. The number of hydrogen-bond acceptors (Lipinski definition) is 8. The molecule has 1 fully saturated rings. The van der Waals surface area contributed by atoms with Crippen molar-refractivity contribution in [2.24, 2.45) is 4.99 Å². The highest BCUT2D eigenvalue weighted by atomic mass is 32.2. The SMILES string of the molecule is O=C(OCCCN=C1NS(=O)(=O)c2ccccc21)c1ccc(S(=O)(=O)N2CCOCC2)cc1. The van der Waals surface area contributed by atoms with E-state index in [0.717, 1.165) is 0 Å². The van der Waals surface area contributed by atoms with E-state index in [1.165, 1.54) is 34.6 Å². The number of fused-ring (bicyclic) bond motifs is 1. The summed E-state index contributed by atoms with van der Waals surface area (Å²) in [5, 5.41) is 0. The van der Waals surface area contributed by atoms with E-state index in [2.05, 4.69) is 9.71 Å². The molecule has 0 radical (unpaired) electrons. The third-order valence-electron chi connectivity index (χ3n) is 5.17. The van der Waals surface area contributed by atoms with Gasteiger partial charge in [-0.05, 0) is 36.4 Å². The quantitative estimate of drug-likeness (QED) is 0.449. The Hall–Kier alpha value is -2.80. The highest BCUT2D eigenvalue weighted by Gasteiger charge is 2.30. The molecule has 0 amide bonds. The third kappa shape index (κ3) is 5.08. The number of carbonyl (C=O) groups excluding carboxylic acids is 1. The number of nitrogens with zero attached hydrogens (tertiary/aromatic N) is 2. The molecule has 1 N–H and O–H groups in total. The molecule has 33 heavy (non-hydrogen) atoms. The first-order valence-corrected chi connectivity index (χ1v) is 13.2. The van der Waals surface area contributed by atoms with Crippen LogP contribution in [0, 0.1) is 0 Å². The van der Waals surface area contributed by atoms with Gasteiger partial charge in [0.2, 0.25) is 10.0 Å². The van der Waals surface area contributed by atoms with Crippen LogP contribution >= 0.6 is 0 Å². The topological polar surface area (TPSA) is 131 Å². The summed E-state index contributed by atoms with van der Waals surface area (Å²) in [6.07, 6.45) is 0.391. The lowest BCUT2D eigenvalue weighted by atomic mass is 10.2. The lowest BCUT2D eigenvalue weighted by Crippen LogP contribution is -2.40. The number of rotatable bonds is 7. The van der Waals surface area contributed by atoms with Crippen molar-refractivity contribution in [3.63, 3.8) is 0 Å². The van der Waals surface area contributed by atoms with Crippen molar-refractivity contribution in [3.05, 3.63) is 59.7 Å². The van der Waals surface area contributed by atoms with Crippen LogP contribution < -0.4 is 4.72 Å². The van der Waals surface area contributed by atoms with Crippen molar-refractivity contribution in [1.29, 1.82) is 0 Å². The van der Waals surface area contributed by atoms with E-state index >= 15 is 0 Å². The molecular formula is C21H23N3O7S2. The molecule has 2 aromatic rings. The molecule has 0 atom stereocenters. The molecule has 2 aromatic carbocycles. The van der Waals surface area contributed by atoms with Gasteiger partial charge in [-0.1, -0.05) is 12.1 Å². The summed E-state index contributed by atoms with van der Waals surface area (Å²) in [6, 6.07) is 12.2. The molecule has 0 aromatic heterocycles. The zero-order valence-corrected chi connectivity index (χ0v) is 19.3. The summed E-state index contributed by atoms with van der Waals surface area (Å²) < 4.78 is 63.6. The van der Waals surface area contributed by atoms with Gasteiger partial charge in [-0.25, -0.2) is 21.6 Å². The molecule has 2 aliphatic rings. The molecule has 0 spiro atoms. The molecule has 2 heterocycles. The molecule has 0 unspecified atom stereocenters. The number of esters is 1. The minimum atomic E-state index is -3.63. The van der Waals surface area contributed by atoms with Gasteiger partial charge < -0.3 is 9.47 Å². The standard InChI is InChI=1S/C21H23N3O7S2/c25-21(16-6-8-17(9-7-16)33(28,29)24-11-14-30-15-12-24)31-13-3-10-22-20-18-4-1-2-5-19(18)32(26,27)23-20/h1-2,4-9H,3,10-15H2,(H,22,23). The molecule has 2 aliphatic heterocycles. The van der Waals surface area contributed by atoms with Crippen LogP contribution in [0.25, 0.3) is 0 Å². The minimum Gasteiger partial charge on any atom is -0.462 e. The fourth-order valence-electron chi connectivity index (χ4n) is 3.45. The van der Waals surface area contributed by atoms with Crippen LogP contribution in [0.5, 0.6) is 0 Å². The monoisotopic (exact) mass is 493 g/mol. The fourth-order valence-corrected chi connectivity index (χ4v) is 6.11. The van der Waals surface area contributed by atoms with E-state index < -0.39 is 26.0 Å². The Balaban J connectivity index is 1.29. The van der Waals surface area contributed by atoms with Crippen molar-refractivity contribution in [2.75, 3.05) is 39.5 Å². The van der Waals surface area contributed by atoms with Gasteiger partial charge in [-0.3, -0.25) is 9.71 Å². The highest BCUT2D eigenvalue weighted by Crippen LogP contribution is 2.22. The van der Waals surface area contributed by atoms with Crippen LogP contribution in [-0.2, 0) is 29.5 Å². The van der Waals surface area contributed by atoms with Crippen molar-refractivity contribution in [3.8, 4) is 0 Å². The third-order valence-corrected chi connectivity index (χ3v) is 8.48. The molecule has 0 bridgehead atoms. The molecule has 1 saturated heterocycles. The Labute approximate surface area is 192 Å². The second-order valence-corrected chi connectivity index (χ2v) is 11.0. The van der Waals surface area contributed by atoms with Gasteiger partial charge in [-0.2, -0.15) is 4.31 Å². The molecule has 12 heteroatoms. The van der Waals surface area contributed by atoms with E-state index in [-0.39, 0.29) is 34.3 Å². The van der Waals surface area contributed by atoms with E-state index in [1.54, 1.807) is 18.2 Å². The summed E-state index contributed by atoms with van der Waals surface area (Å²) in [6.45, 7) is 1.64. The molecule has 0 aliphatic carbocycles. The number of carbonyl (C=O) groups is 1. The summed E-state index contributed by atoms with van der Waals surface area (Å²) in [7, 11) is -7.22. The van der Waals surface area contributed by atoms with Crippen molar-refractivity contribution in [1.82, 2.24) is 9.03 Å². The van der Waals surface area contributed by atoms with Gasteiger partial charge in [0.1, 0.15) is 5.84 Å². The Morgan fingerprint density at radius 1 is 1.09 bits per heavy atom. The van der Waals surface area contributed by atoms with Gasteiger partial charge >= 0.3 is 5.97 Å². The normalized spacial score (nSPS) is 19.1. The van der Waals surface area contributed by atoms with Gasteiger partial charge in [0.25, 0.3) is 10.0 Å². The Morgan fingerprint density at radius 3 is 2.52 bits per heavy atom. The first-order valence-electron chi connectivity index (χ1n) is 10.3.